The van der Waals surface area contributed by atoms with E-state index in [1.807, 2.05) is 7.05 Å². The first-order valence-electron chi connectivity index (χ1n) is 4.68. The second-order valence-electron chi connectivity index (χ2n) is 3.76. The fourth-order valence-corrected chi connectivity index (χ4v) is 1.54. The summed E-state index contributed by atoms with van der Waals surface area (Å²) >= 11 is 0. The van der Waals surface area contributed by atoms with Gasteiger partial charge in [0, 0.05) is 25.7 Å². The summed E-state index contributed by atoms with van der Waals surface area (Å²) in [6.07, 6.45) is -0.0753. The molecule has 0 aromatic heterocycles. The number of likely N-dealkylation sites (N-methyl/N-ethyl adjacent to an activating group) is 1. The van der Waals surface area contributed by atoms with Gasteiger partial charge in [-0.15, -0.1) is 0 Å². The van der Waals surface area contributed by atoms with Crippen molar-refractivity contribution in [1.29, 1.82) is 0 Å². The molecule has 0 aromatic carbocycles. The minimum atomic E-state index is -0.0753. The Balaban J connectivity index is 2.47. The molecular weight excluding hydrogens is 168 g/mol. The highest BCUT2D eigenvalue weighted by Gasteiger charge is 2.26. The molecule has 4 nitrogen and oxygen atoms in total. The van der Waals surface area contributed by atoms with Crippen molar-refractivity contribution in [2.24, 2.45) is 0 Å². The number of carbonyl (C=O) groups is 1. The fraction of sp³-hybridized carbons (Fsp3) is 0.889. The number of rotatable bonds is 3. The van der Waals surface area contributed by atoms with Gasteiger partial charge in [0.2, 0.25) is 0 Å². The van der Waals surface area contributed by atoms with E-state index >= 15 is 0 Å². The normalized spacial score (nSPS) is 26.3. The van der Waals surface area contributed by atoms with Crippen LogP contribution in [0.15, 0.2) is 0 Å². The Kier molecular flexibility index (Phi) is 3.69. The molecule has 0 saturated carbocycles. The molecule has 1 atom stereocenters. The summed E-state index contributed by atoms with van der Waals surface area (Å²) in [6, 6.07) is 0.520. The van der Waals surface area contributed by atoms with E-state index in [-0.39, 0.29) is 6.23 Å². The van der Waals surface area contributed by atoms with Crippen LogP contribution >= 0.6 is 0 Å². The molecule has 0 N–H and O–H groups in total. The van der Waals surface area contributed by atoms with Gasteiger partial charge in [-0.2, -0.15) is 0 Å². The van der Waals surface area contributed by atoms with Crippen molar-refractivity contribution in [2.75, 3.05) is 26.7 Å². The van der Waals surface area contributed by atoms with E-state index in [1.165, 1.54) is 0 Å². The maximum Gasteiger partial charge on any atom is 0.294 e. The Morgan fingerprint density at radius 1 is 1.46 bits per heavy atom. The highest BCUT2D eigenvalue weighted by molar-refractivity contribution is 5.37. The molecule has 76 valence electrons. The van der Waals surface area contributed by atoms with Gasteiger partial charge in [0.15, 0.2) is 6.23 Å². The summed E-state index contributed by atoms with van der Waals surface area (Å²) in [6.45, 7) is 7.66. The molecule has 4 heteroatoms. The van der Waals surface area contributed by atoms with Crippen molar-refractivity contribution in [3.63, 3.8) is 0 Å². The standard InChI is InChI=1S/C9H18N2O2/c1-8(2)11-5-4-10(3)9(6-11)13-7-12/h7-9H,4-6H2,1-3H3/t9-/m0/s1. The van der Waals surface area contributed by atoms with Gasteiger partial charge >= 0.3 is 0 Å². The lowest BCUT2D eigenvalue weighted by molar-refractivity contribution is -0.149. The van der Waals surface area contributed by atoms with E-state index in [4.69, 9.17) is 4.74 Å². The predicted octanol–water partition coefficient (Wildman–Crippen LogP) is 0.141. The molecule has 1 rings (SSSR count). The molecule has 0 spiro atoms. The first kappa shape index (κ1) is 10.5. The van der Waals surface area contributed by atoms with Crippen LogP contribution in [0.4, 0.5) is 0 Å². The molecule has 1 aliphatic rings. The Morgan fingerprint density at radius 2 is 2.15 bits per heavy atom. The van der Waals surface area contributed by atoms with Crippen LogP contribution in [0.3, 0.4) is 0 Å². The lowest BCUT2D eigenvalue weighted by Gasteiger charge is -2.39. The molecule has 0 aliphatic carbocycles. The third kappa shape index (κ3) is 2.67. The number of ether oxygens (including phenoxy) is 1. The number of hydrogen-bond acceptors (Lipinski definition) is 4. The van der Waals surface area contributed by atoms with Crippen molar-refractivity contribution in [3.8, 4) is 0 Å². The van der Waals surface area contributed by atoms with Gasteiger partial charge in [0.1, 0.15) is 0 Å². The molecule has 1 heterocycles. The van der Waals surface area contributed by atoms with Crippen LogP contribution in [-0.2, 0) is 9.53 Å². The van der Waals surface area contributed by atoms with E-state index in [0.717, 1.165) is 19.6 Å². The van der Waals surface area contributed by atoms with Gasteiger partial charge in [-0.3, -0.25) is 14.6 Å². The average molecular weight is 186 g/mol. The van der Waals surface area contributed by atoms with Gasteiger partial charge in [0.25, 0.3) is 6.47 Å². The summed E-state index contributed by atoms with van der Waals surface area (Å²) in [5, 5.41) is 0. The van der Waals surface area contributed by atoms with E-state index in [0.29, 0.717) is 12.5 Å². The zero-order valence-corrected chi connectivity index (χ0v) is 8.56. The van der Waals surface area contributed by atoms with Gasteiger partial charge in [-0.05, 0) is 20.9 Å². The van der Waals surface area contributed by atoms with E-state index < -0.39 is 0 Å². The molecule has 1 aliphatic heterocycles. The maximum absolute atomic E-state index is 10.2. The van der Waals surface area contributed by atoms with Crippen molar-refractivity contribution < 1.29 is 9.53 Å². The first-order valence-corrected chi connectivity index (χ1v) is 4.68. The Morgan fingerprint density at radius 3 is 2.69 bits per heavy atom. The predicted molar refractivity (Wildman–Crippen MR) is 50.3 cm³/mol. The largest absolute Gasteiger partial charge is 0.447 e. The number of hydrogen-bond donors (Lipinski definition) is 0. The van der Waals surface area contributed by atoms with Crippen molar-refractivity contribution in [1.82, 2.24) is 9.80 Å². The average Bonchev–Trinajstić information content (AvgIpc) is 2.08. The Bertz CT molecular complexity index is 173. The maximum atomic E-state index is 10.2. The van der Waals surface area contributed by atoms with Gasteiger partial charge in [-0.25, -0.2) is 0 Å². The molecule has 1 fully saturated rings. The quantitative estimate of drug-likeness (QED) is 0.587. The zero-order chi connectivity index (χ0) is 9.84. The Hall–Kier alpha value is -0.610. The lowest BCUT2D eigenvalue weighted by atomic mass is 10.2. The van der Waals surface area contributed by atoms with Gasteiger partial charge < -0.3 is 4.74 Å². The summed E-state index contributed by atoms with van der Waals surface area (Å²) in [5.74, 6) is 0. The second-order valence-corrected chi connectivity index (χ2v) is 3.76. The molecule has 0 radical (unpaired) electrons. The molecule has 0 aromatic rings. The van der Waals surface area contributed by atoms with Crippen LogP contribution in [0.1, 0.15) is 13.8 Å². The number of piperazine rings is 1. The molecule has 0 unspecified atom stereocenters. The smallest absolute Gasteiger partial charge is 0.294 e. The van der Waals surface area contributed by atoms with Crippen molar-refractivity contribution in [3.05, 3.63) is 0 Å². The fourth-order valence-electron chi connectivity index (χ4n) is 1.54. The van der Waals surface area contributed by atoms with Crippen LogP contribution in [0.2, 0.25) is 0 Å². The van der Waals surface area contributed by atoms with Gasteiger partial charge in [0.05, 0.1) is 0 Å². The molecule has 1 saturated heterocycles. The highest BCUT2D eigenvalue weighted by Crippen LogP contribution is 2.10. The number of nitrogens with zero attached hydrogens (tertiary/aromatic N) is 2. The Labute approximate surface area is 79.4 Å². The molecule has 0 bridgehead atoms. The van der Waals surface area contributed by atoms with Gasteiger partial charge in [-0.1, -0.05) is 0 Å². The van der Waals surface area contributed by atoms with Crippen LogP contribution in [0, 0.1) is 0 Å². The summed E-state index contributed by atoms with van der Waals surface area (Å²) in [7, 11) is 1.98. The minimum Gasteiger partial charge on any atom is -0.447 e. The van der Waals surface area contributed by atoms with E-state index in [1.54, 1.807) is 0 Å². The molecule has 13 heavy (non-hydrogen) atoms. The van der Waals surface area contributed by atoms with Crippen LogP contribution in [0.25, 0.3) is 0 Å². The van der Waals surface area contributed by atoms with Crippen molar-refractivity contribution in [2.45, 2.75) is 26.1 Å². The minimum absolute atomic E-state index is 0.0753. The van der Waals surface area contributed by atoms with E-state index in [2.05, 4.69) is 23.6 Å². The van der Waals surface area contributed by atoms with Crippen LogP contribution < -0.4 is 0 Å². The molecular formula is C9H18N2O2. The van der Waals surface area contributed by atoms with Crippen LogP contribution in [0.5, 0.6) is 0 Å². The topological polar surface area (TPSA) is 32.8 Å². The summed E-state index contributed by atoms with van der Waals surface area (Å²) < 4.78 is 4.98. The lowest BCUT2D eigenvalue weighted by Crippen LogP contribution is -2.54. The number of carbonyl (C=O) groups excluding carboxylic acids is 1. The van der Waals surface area contributed by atoms with Crippen molar-refractivity contribution >= 4 is 6.47 Å². The highest BCUT2D eigenvalue weighted by atomic mass is 16.5. The first-order chi connectivity index (χ1) is 6.15. The monoisotopic (exact) mass is 186 g/mol. The third-order valence-corrected chi connectivity index (χ3v) is 2.57. The second kappa shape index (κ2) is 4.58. The summed E-state index contributed by atoms with van der Waals surface area (Å²) in [4.78, 5) is 14.6. The summed E-state index contributed by atoms with van der Waals surface area (Å²) in [5.41, 5.74) is 0. The zero-order valence-electron chi connectivity index (χ0n) is 8.56. The molecule has 0 amide bonds. The third-order valence-electron chi connectivity index (χ3n) is 2.57. The van der Waals surface area contributed by atoms with Crippen LogP contribution in [-0.4, -0.2) is 55.2 Å². The van der Waals surface area contributed by atoms with E-state index in [9.17, 15) is 4.79 Å². The SMILES string of the molecule is CC(C)N1CCN(C)[C@@H](OC=O)C1.